The molecule has 1 atom stereocenters. The molecule has 19 heavy (non-hydrogen) atoms. The van der Waals surface area contributed by atoms with Crippen LogP contribution in [0.1, 0.15) is 54.0 Å². The van der Waals surface area contributed by atoms with Gasteiger partial charge in [-0.2, -0.15) is 0 Å². The lowest BCUT2D eigenvalue weighted by Crippen LogP contribution is -2.40. The van der Waals surface area contributed by atoms with Gasteiger partial charge in [0.25, 0.3) is 0 Å². The summed E-state index contributed by atoms with van der Waals surface area (Å²) < 4.78 is 0. The minimum atomic E-state index is 0.275. The molecule has 1 spiro atoms. The minimum Gasteiger partial charge on any atom is -0.359 e. The second-order valence-electron chi connectivity index (χ2n) is 5.88. The Morgan fingerprint density at radius 2 is 2.05 bits per heavy atom. The molecule has 2 heterocycles. The van der Waals surface area contributed by atoms with Gasteiger partial charge in [0.05, 0.1) is 6.04 Å². The molecule has 0 bridgehead atoms. The highest BCUT2D eigenvalue weighted by Gasteiger charge is 2.39. The Balaban J connectivity index is 1.74. The second-order valence-corrected chi connectivity index (χ2v) is 8.30. The summed E-state index contributed by atoms with van der Waals surface area (Å²) >= 11 is 3.79. The van der Waals surface area contributed by atoms with E-state index in [-0.39, 0.29) is 6.04 Å². The molecule has 1 saturated heterocycles. The van der Waals surface area contributed by atoms with Gasteiger partial charge in [-0.3, -0.25) is 4.99 Å². The zero-order valence-corrected chi connectivity index (χ0v) is 13.6. The summed E-state index contributed by atoms with van der Waals surface area (Å²) in [5.74, 6) is 1.21. The van der Waals surface area contributed by atoms with Gasteiger partial charge in [0.15, 0.2) is 5.17 Å². The van der Waals surface area contributed by atoms with Gasteiger partial charge in [-0.1, -0.05) is 24.6 Å². The van der Waals surface area contributed by atoms with Gasteiger partial charge in [0.2, 0.25) is 0 Å². The van der Waals surface area contributed by atoms with Crippen molar-refractivity contribution >= 4 is 28.3 Å². The van der Waals surface area contributed by atoms with Crippen molar-refractivity contribution in [3.63, 3.8) is 0 Å². The van der Waals surface area contributed by atoms with E-state index in [4.69, 9.17) is 4.99 Å². The molecule has 0 aromatic carbocycles. The van der Waals surface area contributed by atoms with Crippen molar-refractivity contribution in [3.05, 3.63) is 21.4 Å². The first-order valence-corrected chi connectivity index (χ1v) is 8.94. The predicted molar refractivity (Wildman–Crippen MR) is 86.4 cm³/mol. The molecule has 1 N–H and O–H groups in total. The summed E-state index contributed by atoms with van der Waals surface area (Å²) in [7, 11) is 0. The number of nitrogens with zero attached hydrogens (tertiary/aromatic N) is 1. The van der Waals surface area contributed by atoms with Crippen LogP contribution in [0.5, 0.6) is 0 Å². The summed E-state index contributed by atoms with van der Waals surface area (Å²) in [6.07, 6.45) is 5.40. The molecule has 2 aliphatic rings. The smallest absolute Gasteiger partial charge is 0.157 e. The van der Waals surface area contributed by atoms with Crippen LogP contribution in [0.3, 0.4) is 0 Å². The third-order valence-electron chi connectivity index (χ3n) is 4.26. The lowest BCUT2D eigenvalue weighted by Gasteiger charge is -2.22. The number of rotatable bonds is 2. The van der Waals surface area contributed by atoms with E-state index in [1.165, 1.54) is 46.8 Å². The normalized spacial score (nSPS) is 25.1. The van der Waals surface area contributed by atoms with Gasteiger partial charge in [0.1, 0.15) is 0 Å². The highest BCUT2D eigenvalue weighted by atomic mass is 32.2. The van der Waals surface area contributed by atoms with E-state index in [1.54, 1.807) is 0 Å². The summed E-state index contributed by atoms with van der Waals surface area (Å²) in [6, 6.07) is 2.57. The maximum atomic E-state index is 4.91. The van der Waals surface area contributed by atoms with Gasteiger partial charge in [-0.15, -0.1) is 11.3 Å². The van der Waals surface area contributed by atoms with Crippen molar-refractivity contribution in [3.8, 4) is 0 Å². The Kier molecular flexibility index (Phi) is 3.65. The van der Waals surface area contributed by atoms with E-state index in [9.17, 15) is 0 Å². The van der Waals surface area contributed by atoms with Gasteiger partial charge < -0.3 is 5.32 Å². The third kappa shape index (κ3) is 2.70. The van der Waals surface area contributed by atoms with E-state index in [2.05, 4.69) is 32.2 Å². The van der Waals surface area contributed by atoms with E-state index in [1.807, 2.05) is 23.1 Å². The lowest BCUT2D eigenvalue weighted by atomic mass is 10.0. The van der Waals surface area contributed by atoms with Crippen LogP contribution in [-0.4, -0.2) is 16.5 Å². The Bertz CT molecular complexity index is 498. The number of hydrogen-bond donors (Lipinski definition) is 1. The van der Waals surface area contributed by atoms with Crippen LogP contribution < -0.4 is 5.32 Å². The van der Waals surface area contributed by atoms with Crippen molar-refractivity contribution in [2.45, 2.75) is 58.0 Å². The van der Waals surface area contributed by atoms with Gasteiger partial charge in [0, 0.05) is 21.0 Å². The molecule has 1 aliphatic carbocycles. The molecule has 2 fully saturated rings. The Hall–Kier alpha value is -0.480. The molecule has 1 unspecified atom stereocenters. The second kappa shape index (κ2) is 5.13. The van der Waals surface area contributed by atoms with Gasteiger partial charge in [-0.05, 0) is 45.2 Å². The summed E-state index contributed by atoms with van der Waals surface area (Å²) in [6.45, 7) is 6.60. The number of aliphatic imine (C=N–C) groups is 1. The topological polar surface area (TPSA) is 24.4 Å². The first-order valence-electron chi connectivity index (χ1n) is 7.14. The number of hydrogen-bond acceptors (Lipinski definition) is 3. The van der Waals surface area contributed by atoms with Crippen molar-refractivity contribution in [1.82, 2.24) is 5.32 Å². The van der Waals surface area contributed by atoms with Crippen molar-refractivity contribution in [2.75, 3.05) is 5.75 Å². The number of nitrogens with one attached hydrogen (secondary N) is 1. The van der Waals surface area contributed by atoms with Crippen LogP contribution in [0, 0.1) is 13.8 Å². The molecule has 2 nitrogen and oxygen atoms in total. The SMILES string of the molecule is Cc1cc(C(C)N=C2NC3(CCCC3)CS2)c(C)s1. The fourth-order valence-electron chi connectivity index (χ4n) is 3.21. The monoisotopic (exact) mass is 294 g/mol. The van der Waals surface area contributed by atoms with Crippen LogP contribution in [-0.2, 0) is 0 Å². The molecule has 0 radical (unpaired) electrons. The third-order valence-corrected chi connectivity index (χ3v) is 6.42. The van der Waals surface area contributed by atoms with Gasteiger partial charge in [-0.25, -0.2) is 0 Å². The highest BCUT2D eigenvalue weighted by Crippen LogP contribution is 2.38. The molecule has 1 aliphatic heterocycles. The summed E-state index contributed by atoms with van der Waals surface area (Å²) in [5, 5.41) is 4.87. The van der Waals surface area contributed by atoms with E-state index < -0.39 is 0 Å². The maximum Gasteiger partial charge on any atom is 0.157 e. The molecule has 104 valence electrons. The van der Waals surface area contributed by atoms with Gasteiger partial charge >= 0.3 is 0 Å². The van der Waals surface area contributed by atoms with E-state index >= 15 is 0 Å². The molecule has 0 amide bonds. The number of thiophene rings is 1. The molecular weight excluding hydrogens is 272 g/mol. The minimum absolute atomic E-state index is 0.275. The highest BCUT2D eigenvalue weighted by molar-refractivity contribution is 8.14. The van der Waals surface area contributed by atoms with Crippen molar-refractivity contribution in [1.29, 1.82) is 0 Å². The predicted octanol–water partition coefficient (Wildman–Crippen LogP) is 4.43. The molecule has 4 heteroatoms. The Morgan fingerprint density at radius 3 is 2.68 bits per heavy atom. The van der Waals surface area contributed by atoms with Crippen molar-refractivity contribution < 1.29 is 0 Å². The van der Waals surface area contributed by atoms with Crippen LogP contribution in [0.25, 0.3) is 0 Å². The Labute approximate surface area is 124 Å². The van der Waals surface area contributed by atoms with E-state index in [0.717, 1.165) is 5.17 Å². The first-order chi connectivity index (χ1) is 9.08. The molecule has 3 rings (SSSR count). The fourth-order valence-corrected chi connectivity index (χ4v) is 5.52. The maximum absolute atomic E-state index is 4.91. The van der Waals surface area contributed by atoms with Crippen LogP contribution in [0.4, 0.5) is 0 Å². The van der Waals surface area contributed by atoms with E-state index in [0.29, 0.717) is 5.54 Å². The molecular formula is C15H22N2S2. The quantitative estimate of drug-likeness (QED) is 0.872. The standard InChI is InChI=1S/C15H22N2S2/c1-10-8-13(12(3)19-10)11(2)16-14-17-15(9-18-14)6-4-5-7-15/h8,11H,4-7,9H2,1-3H3,(H,16,17). The number of thioether (sulfide) groups is 1. The average Bonchev–Trinajstić information content (AvgIpc) is 3.04. The fraction of sp³-hybridized carbons (Fsp3) is 0.667. The Morgan fingerprint density at radius 1 is 1.32 bits per heavy atom. The largest absolute Gasteiger partial charge is 0.359 e. The number of aryl methyl sites for hydroxylation is 2. The van der Waals surface area contributed by atoms with Crippen molar-refractivity contribution in [2.24, 2.45) is 4.99 Å². The summed E-state index contributed by atoms with van der Waals surface area (Å²) in [4.78, 5) is 7.71. The van der Waals surface area contributed by atoms with Crippen LogP contribution in [0.2, 0.25) is 0 Å². The average molecular weight is 294 g/mol. The molecule has 1 saturated carbocycles. The zero-order valence-electron chi connectivity index (χ0n) is 12.0. The first kappa shape index (κ1) is 13.5. The van der Waals surface area contributed by atoms with Crippen LogP contribution >= 0.6 is 23.1 Å². The van der Waals surface area contributed by atoms with Crippen LogP contribution in [0.15, 0.2) is 11.1 Å². The summed E-state index contributed by atoms with van der Waals surface area (Å²) in [5.41, 5.74) is 1.77. The lowest BCUT2D eigenvalue weighted by molar-refractivity contribution is 0.452. The zero-order chi connectivity index (χ0) is 13.5. The molecule has 1 aromatic heterocycles. The number of amidine groups is 1. The molecule has 1 aromatic rings.